The molecule has 2 aromatic carbocycles. The quantitative estimate of drug-likeness (QED) is 0.741. The Labute approximate surface area is 115 Å². The maximum Gasteiger partial charge on any atom is 0.0326 e. The number of hydrogen-bond donors (Lipinski definition) is 2. The van der Waals surface area contributed by atoms with Gasteiger partial charge in [0, 0.05) is 6.04 Å². The number of nitrogens with one attached hydrogen (secondary N) is 1. The summed E-state index contributed by atoms with van der Waals surface area (Å²) in [5.74, 6) is 0. The molecular formula is C17H21NO. The Kier molecular flexibility index (Phi) is 5.60. The molecule has 2 nitrogen and oxygen atoms in total. The second-order valence-electron chi connectivity index (χ2n) is 4.87. The Balaban J connectivity index is 1.77. The molecule has 0 saturated heterocycles. The molecule has 0 spiro atoms. The molecule has 0 aliphatic heterocycles. The van der Waals surface area contributed by atoms with Crippen molar-refractivity contribution in [2.24, 2.45) is 0 Å². The van der Waals surface area contributed by atoms with Gasteiger partial charge in [0.1, 0.15) is 0 Å². The molecular weight excluding hydrogens is 234 g/mol. The van der Waals surface area contributed by atoms with Gasteiger partial charge >= 0.3 is 0 Å². The van der Waals surface area contributed by atoms with Gasteiger partial charge in [-0.3, -0.25) is 0 Å². The Bertz CT molecular complexity index is 412. The molecule has 2 heteroatoms. The van der Waals surface area contributed by atoms with Crippen LogP contribution in [0.15, 0.2) is 60.7 Å². The van der Waals surface area contributed by atoms with E-state index in [1.807, 2.05) is 12.1 Å². The highest BCUT2D eigenvalue weighted by Crippen LogP contribution is 2.10. The van der Waals surface area contributed by atoms with Crippen LogP contribution in [0.1, 0.15) is 24.0 Å². The zero-order valence-corrected chi connectivity index (χ0v) is 11.1. The van der Waals surface area contributed by atoms with Crippen molar-refractivity contribution in [3.05, 3.63) is 71.8 Å². The van der Waals surface area contributed by atoms with E-state index < -0.39 is 0 Å². The van der Waals surface area contributed by atoms with Gasteiger partial charge in [0.15, 0.2) is 0 Å². The van der Waals surface area contributed by atoms with Crippen LogP contribution in [0.3, 0.4) is 0 Å². The van der Waals surface area contributed by atoms with E-state index in [2.05, 4.69) is 54.0 Å². The molecule has 0 aliphatic carbocycles. The second-order valence-corrected chi connectivity index (χ2v) is 4.87. The van der Waals surface area contributed by atoms with Gasteiger partial charge < -0.3 is 5.21 Å². The lowest BCUT2D eigenvalue weighted by Gasteiger charge is -2.15. The largest absolute Gasteiger partial charge is 0.317 e. The van der Waals surface area contributed by atoms with Gasteiger partial charge in [0.05, 0.1) is 0 Å². The first-order valence-electron chi connectivity index (χ1n) is 6.86. The van der Waals surface area contributed by atoms with E-state index in [9.17, 15) is 5.21 Å². The number of hydrogen-bond acceptors (Lipinski definition) is 2. The van der Waals surface area contributed by atoms with Crippen LogP contribution in [0.4, 0.5) is 0 Å². The van der Waals surface area contributed by atoms with E-state index in [0.717, 1.165) is 25.7 Å². The Morgan fingerprint density at radius 2 is 1.16 bits per heavy atom. The lowest BCUT2D eigenvalue weighted by atomic mass is 10.00. The van der Waals surface area contributed by atoms with Crippen LogP contribution in [0, 0.1) is 0 Å². The summed E-state index contributed by atoms with van der Waals surface area (Å²) < 4.78 is 0. The van der Waals surface area contributed by atoms with Crippen molar-refractivity contribution in [3.63, 3.8) is 0 Å². The first kappa shape index (κ1) is 13.8. The highest BCUT2D eigenvalue weighted by Gasteiger charge is 2.07. The molecule has 0 aromatic heterocycles. The van der Waals surface area contributed by atoms with Crippen LogP contribution in [-0.4, -0.2) is 11.2 Å². The average molecular weight is 255 g/mol. The topological polar surface area (TPSA) is 32.3 Å². The minimum absolute atomic E-state index is 0.153. The molecule has 0 radical (unpaired) electrons. The van der Waals surface area contributed by atoms with Gasteiger partial charge in [-0.05, 0) is 36.8 Å². The van der Waals surface area contributed by atoms with Crippen molar-refractivity contribution in [2.45, 2.75) is 31.7 Å². The van der Waals surface area contributed by atoms with Crippen molar-refractivity contribution in [1.82, 2.24) is 5.48 Å². The molecule has 0 saturated carbocycles. The maximum absolute atomic E-state index is 9.23. The van der Waals surface area contributed by atoms with Crippen LogP contribution in [0.2, 0.25) is 0 Å². The molecule has 2 aromatic rings. The second kappa shape index (κ2) is 7.72. The van der Waals surface area contributed by atoms with E-state index in [4.69, 9.17) is 0 Å². The first-order chi connectivity index (χ1) is 9.38. The summed E-state index contributed by atoms with van der Waals surface area (Å²) in [5.41, 5.74) is 5.09. The highest BCUT2D eigenvalue weighted by atomic mass is 16.5. The standard InChI is InChI=1S/C17H21NO/c19-18-17(13-11-15-7-3-1-4-8-15)14-12-16-9-5-2-6-10-16/h1-10,17-19H,11-14H2. The lowest BCUT2D eigenvalue weighted by molar-refractivity contribution is 0.117. The average Bonchev–Trinajstić information content (AvgIpc) is 2.49. The van der Waals surface area contributed by atoms with E-state index in [1.54, 1.807) is 0 Å². The normalized spacial score (nSPS) is 10.8. The van der Waals surface area contributed by atoms with E-state index in [1.165, 1.54) is 11.1 Å². The summed E-state index contributed by atoms with van der Waals surface area (Å²) in [4.78, 5) is 0. The minimum atomic E-state index is 0.153. The van der Waals surface area contributed by atoms with Gasteiger partial charge in [-0.1, -0.05) is 60.7 Å². The van der Waals surface area contributed by atoms with Crippen molar-refractivity contribution < 1.29 is 5.21 Å². The monoisotopic (exact) mass is 255 g/mol. The third kappa shape index (κ3) is 4.86. The van der Waals surface area contributed by atoms with Crippen molar-refractivity contribution in [3.8, 4) is 0 Å². The molecule has 0 amide bonds. The predicted octanol–water partition coefficient (Wildman–Crippen LogP) is 3.60. The lowest BCUT2D eigenvalue weighted by Crippen LogP contribution is -2.27. The molecule has 0 fully saturated rings. The van der Waals surface area contributed by atoms with Crippen LogP contribution >= 0.6 is 0 Å². The summed E-state index contributed by atoms with van der Waals surface area (Å²) in [5, 5.41) is 9.23. The van der Waals surface area contributed by atoms with Gasteiger partial charge in [0.2, 0.25) is 0 Å². The van der Waals surface area contributed by atoms with Crippen molar-refractivity contribution >= 4 is 0 Å². The number of aryl methyl sites for hydroxylation is 2. The number of hydroxylamine groups is 1. The molecule has 0 heterocycles. The molecule has 0 atom stereocenters. The van der Waals surface area contributed by atoms with E-state index in [0.29, 0.717) is 0 Å². The predicted molar refractivity (Wildman–Crippen MR) is 78.2 cm³/mol. The molecule has 100 valence electrons. The summed E-state index contributed by atoms with van der Waals surface area (Å²) in [7, 11) is 0. The third-order valence-electron chi connectivity index (χ3n) is 3.43. The third-order valence-corrected chi connectivity index (χ3v) is 3.43. The zero-order chi connectivity index (χ0) is 13.3. The smallest absolute Gasteiger partial charge is 0.0326 e. The molecule has 2 N–H and O–H groups in total. The molecule has 19 heavy (non-hydrogen) atoms. The highest BCUT2D eigenvalue weighted by molar-refractivity contribution is 5.16. The first-order valence-corrected chi connectivity index (χ1v) is 6.86. The summed E-state index contributed by atoms with van der Waals surface area (Å²) >= 11 is 0. The maximum atomic E-state index is 9.23. The zero-order valence-electron chi connectivity index (χ0n) is 11.1. The Morgan fingerprint density at radius 1 is 0.737 bits per heavy atom. The number of rotatable bonds is 7. The molecule has 0 unspecified atom stereocenters. The van der Waals surface area contributed by atoms with Crippen LogP contribution < -0.4 is 5.48 Å². The van der Waals surface area contributed by atoms with Crippen molar-refractivity contribution in [2.75, 3.05) is 0 Å². The fourth-order valence-corrected chi connectivity index (χ4v) is 2.24. The fourth-order valence-electron chi connectivity index (χ4n) is 2.24. The fraction of sp³-hybridized carbons (Fsp3) is 0.294. The minimum Gasteiger partial charge on any atom is -0.317 e. The van der Waals surface area contributed by atoms with Gasteiger partial charge in [-0.15, -0.1) is 0 Å². The Hall–Kier alpha value is -1.64. The molecule has 0 aliphatic rings. The van der Waals surface area contributed by atoms with Crippen LogP contribution in [-0.2, 0) is 12.8 Å². The van der Waals surface area contributed by atoms with Gasteiger partial charge in [-0.25, -0.2) is 5.48 Å². The summed E-state index contributed by atoms with van der Waals surface area (Å²) in [6, 6.07) is 21.0. The van der Waals surface area contributed by atoms with E-state index >= 15 is 0 Å². The summed E-state index contributed by atoms with van der Waals surface area (Å²) in [6.07, 6.45) is 3.89. The molecule has 2 rings (SSSR count). The van der Waals surface area contributed by atoms with Gasteiger partial charge in [0.25, 0.3) is 0 Å². The van der Waals surface area contributed by atoms with Crippen LogP contribution in [0.5, 0.6) is 0 Å². The van der Waals surface area contributed by atoms with Crippen LogP contribution in [0.25, 0.3) is 0 Å². The Morgan fingerprint density at radius 3 is 1.53 bits per heavy atom. The summed E-state index contributed by atoms with van der Waals surface area (Å²) in [6.45, 7) is 0. The number of benzene rings is 2. The SMILES string of the molecule is ONC(CCc1ccccc1)CCc1ccccc1. The van der Waals surface area contributed by atoms with Crippen molar-refractivity contribution in [1.29, 1.82) is 0 Å². The van der Waals surface area contributed by atoms with Gasteiger partial charge in [-0.2, -0.15) is 0 Å². The molecule has 0 bridgehead atoms. The van der Waals surface area contributed by atoms with E-state index in [-0.39, 0.29) is 6.04 Å².